The second kappa shape index (κ2) is 9.86. The summed E-state index contributed by atoms with van der Waals surface area (Å²) in [6.07, 6.45) is 3.74. The molecule has 0 spiro atoms. The van der Waals surface area contributed by atoms with E-state index in [9.17, 15) is 14.9 Å². The molecule has 2 aromatic rings. The second-order valence-electron chi connectivity index (χ2n) is 8.98. The number of hydrogen-bond acceptors (Lipinski definition) is 3. The van der Waals surface area contributed by atoms with Gasteiger partial charge in [0.1, 0.15) is 11.6 Å². The molecule has 32 heavy (non-hydrogen) atoms. The van der Waals surface area contributed by atoms with Crippen LogP contribution in [0.15, 0.2) is 29.8 Å². The first-order valence-corrected chi connectivity index (χ1v) is 11.2. The molecule has 0 aliphatic carbocycles. The summed E-state index contributed by atoms with van der Waals surface area (Å²) < 4.78 is 2.21. The van der Waals surface area contributed by atoms with Crippen molar-refractivity contribution in [3.63, 3.8) is 0 Å². The Hall–Kier alpha value is -3.33. The van der Waals surface area contributed by atoms with Gasteiger partial charge in [0.15, 0.2) is 0 Å². The lowest BCUT2D eigenvalue weighted by Gasteiger charge is -2.16. The number of aryl methyl sites for hydroxylation is 2. The van der Waals surface area contributed by atoms with Crippen molar-refractivity contribution in [1.29, 1.82) is 5.26 Å². The number of aromatic nitrogens is 1. The average molecular weight is 433 g/mol. The first-order valence-electron chi connectivity index (χ1n) is 11.2. The highest BCUT2D eigenvalue weighted by Gasteiger charge is 2.20. The molecule has 1 aromatic carbocycles. The van der Waals surface area contributed by atoms with Gasteiger partial charge in [-0.15, -0.1) is 0 Å². The summed E-state index contributed by atoms with van der Waals surface area (Å²) in [4.78, 5) is 27.3. The number of hydrogen-bond donors (Lipinski definition) is 1. The summed E-state index contributed by atoms with van der Waals surface area (Å²) in [6.45, 7) is 12.7. The van der Waals surface area contributed by atoms with Crippen LogP contribution in [-0.2, 0) is 11.3 Å². The Morgan fingerprint density at radius 1 is 1.16 bits per heavy atom. The molecule has 1 N–H and O–H groups in total. The van der Waals surface area contributed by atoms with E-state index >= 15 is 0 Å². The van der Waals surface area contributed by atoms with E-state index in [1.165, 1.54) is 0 Å². The first-order chi connectivity index (χ1) is 15.2. The molecule has 1 aliphatic rings. The van der Waals surface area contributed by atoms with Gasteiger partial charge in [-0.1, -0.05) is 13.8 Å². The topological polar surface area (TPSA) is 78.1 Å². The summed E-state index contributed by atoms with van der Waals surface area (Å²) in [5, 5.41) is 12.4. The van der Waals surface area contributed by atoms with Crippen molar-refractivity contribution in [3.8, 4) is 6.07 Å². The van der Waals surface area contributed by atoms with Gasteiger partial charge in [0.2, 0.25) is 0 Å². The highest BCUT2D eigenvalue weighted by Crippen LogP contribution is 2.22. The van der Waals surface area contributed by atoms with E-state index in [1.54, 1.807) is 24.3 Å². The maximum Gasteiger partial charge on any atom is 0.266 e. The molecule has 0 atom stereocenters. The van der Waals surface area contributed by atoms with E-state index < -0.39 is 5.91 Å². The number of amides is 2. The van der Waals surface area contributed by atoms with Gasteiger partial charge in [-0.3, -0.25) is 9.59 Å². The lowest BCUT2D eigenvalue weighted by Crippen LogP contribution is -2.27. The van der Waals surface area contributed by atoms with Gasteiger partial charge in [-0.05, 0) is 81.0 Å². The normalized spacial score (nSPS) is 14.0. The van der Waals surface area contributed by atoms with Crippen LogP contribution in [0.2, 0.25) is 0 Å². The molecule has 0 unspecified atom stereocenters. The summed E-state index contributed by atoms with van der Waals surface area (Å²) >= 11 is 0. The zero-order valence-electron chi connectivity index (χ0n) is 19.7. The molecule has 6 nitrogen and oxygen atoms in total. The van der Waals surface area contributed by atoms with Gasteiger partial charge in [0, 0.05) is 42.3 Å². The highest BCUT2D eigenvalue weighted by molar-refractivity contribution is 6.10. The molecule has 0 bridgehead atoms. The van der Waals surface area contributed by atoms with Crippen molar-refractivity contribution in [2.75, 3.05) is 18.4 Å². The van der Waals surface area contributed by atoms with Crippen LogP contribution in [-0.4, -0.2) is 34.4 Å². The number of likely N-dealkylation sites (tertiary alicyclic amines) is 1. The maximum absolute atomic E-state index is 12.8. The zero-order valence-corrected chi connectivity index (χ0v) is 19.7. The number of carbonyl (C=O) groups is 2. The Morgan fingerprint density at radius 2 is 1.84 bits per heavy atom. The lowest BCUT2D eigenvalue weighted by atomic mass is 10.1. The number of rotatable bonds is 6. The Morgan fingerprint density at radius 3 is 2.44 bits per heavy atom. The fraction of sp³-hybridized carbons (Fsp3) is 0.423. The SMILES string of the molecule is Cc1cc(C(=O)N2CCCC2)ccc1NC(=O)/C(C#N)=C\c1cc(C)n(CC(C)C)c1C. The Labute approximate surface area is 190 Å². The third-order valence-electron chi connectivity index (χ3n) is 5.94. The molecule has 0 saturated carbocycles. The Balaban J connectivity index is 1.78. The van der Waals surface area contributed by atoms with Crippen LogP contribution in [0.4, 0.5) is 5.69 Å². The van der Waals surface area contributed by atoms with E-state index in [4.69, 9.17) is 0 Å². The van der Waals surface area contributed by atoms with Crippen LogP contribution in [0.1, 0.15) is 59.6 Å². The largest absolute Gasteiger partial charge is 0.348 e. The van der Waals surface area contributed by atoms with Gasteiger partial charge >= 0.3 is 0 Å². The molecule has 1 saturated heterocycles. The molecule has 168 valence electrons. The third kappa shape index (κ3) is 5.11. The molecule has 2 amide bonds. The molecule has 1 aliphatic heterocycles. The van der Waals surface area contributed by atoms with Crippen molar-refractivity contribution in [1.82, 2.24) is 9.47 Å². The smallest absolute Gasteiger partial charge is 0.266 e. The van der Waals surface area contributed by atoms with Gasteiger partial charge in [-0.25, -0.2) is 0 Å². The molecule has 3 rings (SSSR count). The second-order valence-corrected chi connectivity index (χ2v) is 8.98. The average Bonchev–Trinajstić information content (AvgIpc) is 3.37. The molecular weight excluding hydrogens is 400 g/mol. The van der Waals surface area contributed by atoms with Crippen LogP contribution < -0.4 is 5.32 Å². The van der Waals surface area contributed by atoms with E-state index in [2.05, 4.69) is 23.7 Å². The molecule has 2 heterocycles. The van der Waals surface area contributed by atoms with E-state index in [0.29, 0.717) is 17.2 Å². The van der Waals surface area contributed by atoms with Gasteiger partial charge in [-0.2, -0.15) is 5.26 Å². The summed E-state index contributed by atoms with van der Waals surface area (Å²) in [5.41, 5.74) is 5.07. The maximum atomic E-state index is 12.8. The van der Waals surface area contributed by atoms with Crippen LogP contribution >= 0.6 is 0 Å². The highest BCUT2D eigenvalue weighted by atomic mass is 16.2. The molecule has 1 aromatic heterocycles. The quantitative estimate of drug-likeness (QED) is 0.523. The summed E-state index contributed by atoms with van der Waals surface area (Å²) in [7, 11) is 0. The van der Waals surface area contributed by atoms with Crippen LogP contribution in [0.25, 0.3) is 6.08 Å². The van der Waals surface area contributed by atoms with Crippen molar-refractivity contribution in [2.24, 2.45) is 5.92 Å². The fourth-order valence-electron chi connectivity index (χ4n) is 4.15. The molecule has 6 heteroatoms. The molecule has 1 fully saturated rings. The third-order valence-corrected chi connectivity index (χ3v) is 5.94. The van der Waals surface area contributed by atoms with Crippen LogP contribution in [0.3, 0.4) is 0 Å². The number of nitrogens with zero attached hydrogens (tertiary/aromatic N) is 3. The predicted molar refractivity (Wildman–Crippen MR) is 127 cm³/mol. The Kier molecular flexibility index (Phi) is 7.19. The molecule has 0 radical (unpaired) electrons. The number of carbonyl (C=O) groups excluding carboxylic acids is 2. The Bertz CT molecular complexity index is 1100. The number of nitrogens with one attached hydrogen (secondary N) is 1. The minimum atomic E-state index is -0.456. The lowest BCUT2D eigenvalue weighted by molar-refractivity contribution is -0.112. The fourth-order valence-corrected chi connectivity index (χ4v) is 4.15. The van der Waals surface area contributed by atoms with E-state index in [1.807, 2.05) is 37.8 Å². The van der Waals surface area contributed by atoms with Crippen molar-refractivity contribution >= 4 is 23.6 Å². The van der Waals surface area contributed by atoms with Gasteiger partial charge in [0.05, 0.1) is 0 Å². The van der Waals surface area contributed by atoms with Crippen LogP contribution in [0.5, 0.6) is 0 Å². The summed E-state index contributed by atoms with van der Waals surface area (Å²) in [6, 6.07) is 9.31. The zero-order chi connectivity index (χ0) is 23.4. The number of anilines is 1. The minimum absolute atomic E-state index is 0.0258. The van der Waals surface area contributed by atoms with E-state index in [0.717, 1.165) is 55.0 Å². The predicted octanol–water partition coefficient (Wildman–Crippen LogP) is 4.85. The van der Waals surface area contributed by atoms with Crippen LogP contribution in [0, 0.1) is 38.0 Å². The monoisotopic (exact) mass is 432 g/mol. The van der Waals surface area contributed by atoms with Gasteiger partial charge < -0.3 is 14.8 Å². The van der Waals surface area contributed by atoms with Gasteiger partial charge in [0.25, 0.3) is 11.8 Å². The van der Waals surface area contributed by atoms with Crippen molar-refractivity contribution in [2.45, 2.75) is 54.0 Å². The standard InChI is InChI=1S/C26H32N4O2/c1-17(2)16-30-19(4)13-22(20(30)5)14-23(15-27)25(31)28-24-9-8-21(12-18(24)3)26(32)29-10-6-7-11-29/h8-9,12-14,17H,6-7,10-11,16H2,1-5H3,(H,28,31)/b23-14-. The van der Waals surface area contributed by atoms with E-state index in [-0.39, 0.29) is 11.5 Å². The number of benzene rings is 1. The molecular formula is C26H32N4O2. The van der Waals surface area contributed by atoms with Crippen molar-refractivity contribution < 1.29 is 9.59 Å². The first kappa shape index (κ1) is 23.3. The number of nitriles is 1. The summed E-state index contributed by atoms with van der Waals surface area (Å²) in [5.74, 6) is 0.0689. The van der Waals surface area contributed by atoms with Crippen molar-refractivity contribution in [3.05, 3.63) is 57.9 Å². The minimum Gasteiger partial charge on any atom is -0.348 e.